The van der Waals surface area contributed by atoms with Crippen LogP contribution in [-0.4, -0.2) is 62.2 Å². The van der Waals surface area contributed by atoms with Gasteiger partial charge in [-0.2, -0.15) is 0 Å². The Morgan fingerprint density at radius 1 is 1.15 bits per heavy atom. The zero-order chi connectivity index (χ0) is 28.6. The Labute approximate surface area is 227 Å². The number of aromatic nitrogens is 1. The number of hydrogen-bond acceptors (Lipinski definition) is 8. The van der Waals surface area contributed by atoms with Gasteiger partial charge in [0, 0.05) is 31.5 Å². The van der Waals surface area contributed by atoms with Crippen LogP contribution < -0.4 is 10.7 Å². The molecule has 0 saturated heterocycles. The van der Waals surface area contributed by atoms with Gasteiger partial charge < -0.3 is 19.6 Å². The largest absolute Gasteiger partial charge is 0.469 e. The van der Waals surface area contributed by atoms with Crippen molar-refractivity contribution < 1.29 is 42.7 Å². The summed E-state index contributed by atoms with van der Waals surface area (Å²) < 4.78 is 34.5. The molecule has 15 heteroatoms. The topological polar surface area (TPSA) is 171 Å². The van der Waals surface area contributed by atoms with Crippen LogP contribution in [0.5, 0.6) is 0 Å². The predicted octanol–water partition coefficient (Wildman–Crippen LogP) is 3.36. The first-order valence-corrected chi connectivity index (χ1v) is 13.5. The minimum atomic E-state index is -4.87. The van der Waals surface area contributed by atoms with Crippen LogP contribution in [-0.2, 0) is 25.2 Å². The number of nitrogens with zero attached hydrogens (tertiary/aromatic N) is 2. The highest BCUT2D eigenvalue weighted by Crippen LogP contribution is 2.36. The zero-order valence-corrected chi connectivity index (χ0v) is 22.3. The number of fused-ring (bicyclic) bond motifs is 1. The number of benzene rings is 2. The molecular formula is C24H27ClFN4O8P. The first-order chi connectivity index (χ1) is 18.4. The van der Waals surface area contributed by atoms with Crippen LogP contribution in [0.1, 0.15) is 18.9 Å². The van der Waals surface area contributed by atoms with Crippen molar-refractivity contribution >= 4 is 48.0 Å². The Hall–Kier alpha value is -3.16. The molecule has 0 aliphatic rings. The van der Waals surface area contributed by atoms with Gasteiger partial charge in [-0.15, -0.1) is 0 Å². The minimum absolute atomic E-state index is 0.102. The number of aliphatic hydroxyl groups excluding tert-OH is 1. The lowest BCUT2D eigenvalue weighted by Crippen LogP contribution is -2.52. The summed E-state index contributed by atoms with van der Waals surface area (Å²) in [4.78, 5) is 46.9. The van der Waals surface area contributed by atoms with Crippen LogP contribution in [0.3, 0.4) is 0 Å². The van der Waals surface area contributed by atoms with Crippen LogP contribution >= 0.6 is 19.4 Å². The van der Waals surface area contributed by atoms with Gasteiger partial charge in [-0.05, 0) is 23.1 Å². The van der Waals surface area contributed by atoms with Gasteiger partial charge in [0.15, 0.2) is 0 Å². The molecule has 0 aliphatic heterocycles. The lowest BCUT2D eigenvalue weighted by molar-refractivity contribution is -0.137. The molecule has 1 heterocycles. The van der Waals surface area contributed by atoms with Crippen LogP contribution in [0, 0.1) is 5.82 Å². The van der Waals surface area contributed by atoms with E-state index in [-0.39, 0.29) is 23.8 Å². The number of anilines is 1. The molecule has 1 aromatic heterocycles. The molecule has 3 aromatic rings. The highest BCUT2D eigenvalue weighted by atomic mass is 35.5. The Morgan fingerprint density at radius 3 is 2.56 bits per heavy atom. The lowest BCUT2D eigenvalue weighted by Gasteiger charge is -2.32. The second-order valence-corrected chi connectivity index (χ2v) is 10.0. The van der Waals surface area contributed by atoms with E-state index in [1.165, 1.54) is 25.1 Å². The number of ether oxygens (including phenoxy) is 1. The van der Waals surface area contributed by atoms with Crippen molar-refractivity contribution in [1.82, 2.24) is 15.4 Å². The third-order valence-electron chi connectivity index (χ3n) is 5.42. The van der Waals surface area contributed by atoms with Crippen LogP contribution in [0.25, 0.3) is 10.8 Å². The molecule has 2 amide bonds. The number of nitrogens with one attached hydrogen (secondary N) is 2. The number of halogens is 2. The van der Waals surface area contributed by atoms with Gasteiger partial charge in [0.25, 0.3) is 0 Å². The summed E-state index contributed by atoms with van der Waals surface area (Å²) in [5, 5.41) is 15.4. The Morgan fingerprint density at radius 2 is 1.87 bits per heavy atom. The molecule has 0 saturated carbocycles. The minimum Gasteiger partial charge on any atom is -0.447 e. The first-order valence-electron chi connectivity index (χ1n) is 11.6. The van der Waals surface area contributed by atoms with Crippen molar-refractivity contribution in [3.8, 4) is 0 Å². The Kier molecular flexibility index (Phi) is 10.7. The molecule has 39 heavy (non-hydrogen) atoms. The van der Waals surface area contributed by atoms with Gasteiger partial charge in [-0.3, -0.25) is 19.6 Å². The number of amides is 2. The van der Waals surface area contributed by atoms with Gasteiger partial charge in [0.2, 0.25) is 5.91 Å². The lowest BCUT2D eigenvalue weighted by atomic mass is 10.1. The monoisotopic (exact) mass is 584 g/mol. The molecule has 2 atom stereocenters. The molecule has 5 N–H and O–H groups in total. The molecule has 0 spiro atoms. The van der Waals surface area contributed by atoms with Crippen molar-refractivity contribution in [3.63, 3.8) is 0 Å². The molecule has 2 aromatic carbocycles. The van der Waals surface area contributed by atoms with Gasteiger partial charge in [-0.1, -0.05) is 48.0 Å². The third-order valence-corrected chi connectivity index (χ3v) is 6.33. The Bertz CT molecular complexity index is 1360. The molecule has 3 rings (SSSR count). The number of phosphoric ester groups is 1. The fourth-order valence-electron chi connectivity index (χ4n) is 3.63. The van der Waals surface area contributed by atoms with Crippen molar-refractivity contribution in [2.24, 2.45) is 0 Å². The number of hydrogen-bond donors (Lipinski definition) is 5. The SMILES string of the molecule is CC(=O)N(NCc1cccc(F)c1Cl)C(COC(=O)Nc1cc2ccccc2cn1)CC(O)COP(=O)(O)O. The highest BCUT2D eigenvalue weighted by molar-refractivity contribution is 7.46. The summed E-state index contributed by atoms with van der Waals surface area (Å²) in [5.41, 5.74) is 3.10. The molecule has 2 unspecified atom stereocenters. The second-order valence-electron chi connectivity index (χ2n) is 8.41. The normalized spacial score (nSPS) is 13.1. The standard InChI is InChI=1S/C24H27ClFN4O8P/c1-15(31)30(28-12-18-7-4-8-21(26)23(18)25)19(10-20(32)14-38-39(34,35)36)13-37-24(33)29-22-9-16-5-2-3-6-17(16)11-27-22/h2-9,11,19-20,28,32H,10,12-14H2,1H3,(H,27,29,33)(H2,34,35,36). The van der Waals surface area contributed by atoms with E-state index >= 15 is 0 Å². The fourth-order valence-corrected chi connectivity index (χ4v) is 4.19. The summed E-state index contributed by atoms with van der Waals surface area (Å²) in [6, 6.07) is 12.1. The van der Waals surface area contributed by atoms with Crippen LogP contribution in [0.15, 0.2) is 54.7 Å². The third kappa shape index (κ3) is 9.52. The van der Waals surface area contributed by atoms with Gasteiger partial charge in [0.05, 0.1) is 23.8 Å². The number of phosphoric acid groups is 1. The summed E-state index contributed by atoms with van der Waals surface area (Å²) >= 11 is 5.99. The van der Waals surface area contributed by atoms with Crippen LogP contribution in [0.2, 0.25) is 5.02 Å². The molecule has 0 aliphatic carbocycles. The summed E-state index contributed by atoms with van der Waals surface area (Å²) in [7, 11) is -4.87. The van der Waals surface area contributed by atoms with Crippen molar-refractivity contribution in [1.29, 1.82) is 0 Å². The summed E-state index contributed by atoms with van der Waals surface area (Å²) in [5.74, 6) is -1.00. The summed E-state index contributed by atoms with van der Waals surface area (Å²) in [6.07, 6.45) is -1.10. The molecule has 0 fully saturated rings. The van der Waals surface area contributed by atoms with Gasteiger partial charge >= 0.3 is 13.9 Å². The van der Waals surface area contributed by atoms with E-state index in [4.69, 9.17) is 26.1 Å². The molecular weight excluding hydrogens is 558 g/mol. The van der Waals surface area contributed by atoms with E-state index < -0.39 is 51.0 Å². The number of carbonyl (C=O) groups excluding carboxylic acids is 2. The van der Waals surface area contributed by atoms with Gasteiger partial charge in [-0.25, -0.2) is 24.2 Å². The average Bonchev–Trinajstić information content (AvgIpc) is 2.87. The van der Waals surface area contributed by atoms with E-state index in [9.17, 15) is 23.7 Å². The number of aliphatic hydroxyl groups is 1. The quantitative estimate of drug-likeness (QED) is 0.157. The molecule has 12 nitrogen and oxygen atoms in total. The molecule has 210 valence electrons. The molecule has 0 bridgehead atoms. The number of rotatable bonds is 12. The predicted molar refractivity (Wildman–Crippen MR) is 140 cm³/mol. The summed E-state index contributed by atoms with van der Waals surface area (Å²) in [6.45, 7) is -0.106. The van der Waals surface area contributed by atoms with Crippen molar-refractivity contribution in [3.05, 3.63) is 71.1 Å². The zero-order valence-electron chi connectivity index (χ0n) is 20.7. The van der Waals surface area contributed by atoms with E-state index in [0.717, 1.165) is 15.8 Å². The van der Waals surface area contributed by atoms with E-state index in [0.29, 0.717) is 5.56 Å². The van der Waals surface area contributed by atoms with Crippen molar-refractivity contribution in [2.75, 3.05) is 18.5 Å². The smallest absolute Gasteiger partial charge is 0.447 e. The van der Waals surface area contributed by atoms with E-state index in [1.54, 1.807) is 12.3 Å². The number of hydrazine groups is 1. The second kappa shape index (κ2) is 13.8. The first kappa shape index (κ1) is 30.4. The van der Waals surface area contributed by atoms with Crippen molar-refractivity contribution in [2.45, 2.75) is 32.0 Å². The van der Waals surface area contributed by atoms with Crippen LogP contribution in [0.4, 0.5) is 15.0 Å². The number of pyridine rings is 1. The van der Waals surface area contributed by atoms with Gasteiger partial charge in [0.1, 0.15) is 18.2 Å². The highest BCUT2D eigenvalue weighted by Gasteiger charge is 2.28. The maximum absolute atomic E-state index is 13.8. The fraction of sp³-hybridized carbons (Fsp3) is 0.292. The van der Waals surface area contributed by atoms with E-state index in [1.807, 2.05) is 24.3 Å². The number of carbonyl (C=O) groups is 2. The maximum atomic E-state index is 13.8. The Balaban J connectivity index is 1.71. The molecule has 0 radical (unpaired) electrons. The maximum Gasteiger partial charge on any atom is 0.469 e. The van der Waals surface area contributed by atoms with E-state index in [2.05, 4.69) is 20.3 Å². The average molecular weight is 585 g/mol.